The normalized spacial score (nSPS) is 14.4. The van der Waals surface area contributed by atoms with Crippen molar-refractivity contribution >= 4 is 28.7 Å². The van der Waals surface area contributed by atoms with Gasteiger partial charge in [-0.25, -0.2) is 0 Å². The number of rotatable bonds is 5. The zero-order valence-corrected chi connectivity index (χ0v) is 13.1. The molecule has 2 rings (SSSR count). The van der Waals surface area contributed by atoms with Gasteiger partial charge in [-0.1, -0.05) is 18.7 Å². The maximum Gasteiger partial charge on any atom is 0.185 e. The van der Waals surface area contributed by atoms with Crippen LogP contribution in [-0.2, 0) is 4.74 Å². The van der Waals surface area contributed by atoms with Crippen molar-refractivity contribution in [2.75, 3.05) is 37.7 Å². The van der Waals surface area contributed by atoms with Crippen molar-refractivity contribution in [3.8, 4) is 0 Å². The van der Waals surface area contributed by atoms with E-state index in [0.717, 1.165) is 44.1 Å². The monoisotopic (exact) mass is 306 g/mol. The standard InChI is InChI=1S/C15H22N4OS/c1-3-16-15(21)18-17-12(2)13-4-6-14(7-5-13)19-8-10-20-11-9-19/h4-7,17H,2-3,8-11H2,1H3,(H2,16,18,21). The topological polar surface area (TPSA) is 48.6 Å². The number of benzene rings is 1. The van der Waals surface area contributed by atoms with Crippen molar-refractivity contribution in [3.05, 3.63) is 36.4 Å². The first-order chi connectivity index (χ1) is 10.2. The van der Waals surface area contributed by atoms with E-state index >= 15 is 0 Å². The zero-order chi connectivity index (χ0) is 15.1. The molecular weight excluding hydrogens is 284 g/mol. The largest absolute Gasteiger partial charge is 0.378 e. The maximum absolute atomic E-state index is 5.37. The molecular formula is C15H22N4OS. The van der Waals surface area contributed by atoms with E-state index in [2.05, 4.69) is 51.9 Å². The Morgan fingerprint density at radius 3 is 2.52 bits per heavy atom. The third-order valence-corrected chi connectivity index (χ3v) is 3.50. The fourth-order valence-electron chi connectivity index (χ4n) is 2.10. The predicted octanol–water partition coefficient (Wildman–Crippen LogP) is 1.48. The summed E-state index contributed by atoms with van der Waals surface area (Å²) in [6.45, 7) is 10.3. The van der Waals surface area contributed by atoms with Gasteiger partial charge in [-0.2, -0.15) is 0 Å². The minimum absolute atomic E-state index is 0.559. The molecule has 1 aliphatic heterocycles. The van der Waals surface area contributed by atoms with E-state index in [9.17, 15) is 0 Å². The third-order valence-electron chi connectivity index (χ3n) is 3.26. The Bertz CT molecular complexity index is 483. The Morgan fingerprint density at radius 1 is 1.24 bits per heavy atom. The lowest BCUT2D eigenvalue weighted by atomic mass is 10.1. The van der Waals surface area contributed by atoms with Crippen LogP contribution >= 0.6 is 12.2 Å². The number of hydrazine groups is 1. The van der Waals surface area contributed by atoms with E-state index in [0.29, 0.717) is 5.11 Å². The van der Waals surface area contributed by atoms with Crippen LogP contribution < -0.4 is 21.1 Å². The molecule has 0 spiro atoms. The molecule has 0 aliphatic carbocycles. The highest BCUT2D eigenvalue weighted by Crippen LogP contribution is 2.18. The summed E-state index contributed by atoms with van der Waals surface area (Å²) in [5.41, 5.74) is 8.93. The van der Waals surface area contributed by atoms with Crippen molar-refractivity contribution in [1.29, 1.82) is 0 Å². The van der Waals surface area contributed by atoms with Crippen molar-refractivity contribution in [2.24, 2.45) is 0 Å². The van der Waals surface area contributed by atoms with Gasteiger partial charge in [0.15, 0.2) is 5.11 Å². The molecule has 0 aromatic heterocycles. The smallest absolute Gasteiger partial charge is 0.185 e. The highest BCUT2D eigenvalue weighted by molar-refractivity contribution is 7.80. The van der Waals surface area contributed by atoms with E-state index < -0.39 is 0 Å². The molecule has 0 unspecified atom stereocenters. The van der Waals surface area contributed by atoms with Crippen LogP contribution in [0, 0.1) is 0 Å². The molecule has 21 heavy (non-hydrogen) atoms. The number of thiocarbonyl (C=S) groups is 1. The summed E-state index contributed by atoms with van der Waals surface area (Å²) < 4.78 is 5.37. The molecule has 1 fully saturated rings. The average Bonchev–Trinajstić information content (AvgIpc) is 2.54. The molecule has 114 valence electrons. The van der Waals surface area contributed by atoms with Crippen molar-refractivity contribution in [3.63, 3.8) is 0 Å². The molecule has 1 aromatic rings. The molecule has 0 amide bonds. The Morgan fingerprint density at radius 2 is 1.90 bits per heavy atom. The molecule has 0 bridgehead atoms. The fourth-order valence-corrected chi connectivity index (χ4v) is 2.30. The first-order valence-corrected chi connectivity index (χ1v) is 7.53. The summed E-state index contributed by atoms with van der Waals surface area (Å²) >= 11 is 5.08. The van der Waals surface area contributed by atoms with Crippen molar-refractivity contribution in [2.45, 2.75) is 6.92 Å². The van der Waals surface area contributed by atoms with Gasteiger partial charge in [0.2, 0.25) is 0 Å². The summed E-state index contributed by atoms with van der Waals surface area (Å²) in [7, 11) is 0. The van der Waals surface area contributed by atoms with Crippen LogP contribution in [0.3, 0.4) is 0 Å². The van der Waals surface area contributed by atoms with Gasteiger partial charge in [-0.05, 0) is 36.8 Å². The number of nitrogens with one attached hydrogen (secondary N) is 3. The molecule has 1 aromatic carbocycles. The van der Waals surface area contributed by atoms with Crippen LogP contribution in [0.2, 0.25) is 0 Å². The number of morpholine rings is 1. The van der Waals surface area contributed by atoms with Crippen molar-refractivity contribution in [1.82, 2.24) is 16.2 Å². The SMILES string of the molecule is C=C(NNC(=S)NCC)c1ccc(N2CCOCC2)cc1. The summed E-state index contributed by atoms with van der Waals surface area (Å²) in [4.78, 5) is 2.32. The summed E-state index contributed by atoms with van der Waals surface area (Å²) in [5, 5.41) is 3.56. The second kappa shape index (κ2) is 7.85. The molecule has 0 radical (unpaired) electrons. The second-order valence-corrected chi connectivity index (χ2v) is 5.14. The zero-order valence-electron chi connectivity index (χ0n) is 12.3. The fraction of sp³-hybridized carbons (Fsp3) is 0.400. The van der Waals surface area contributed by atoms with Gasteiger partial charge in [-0.3, -0.25) is 10.9 Å². The van der Waals surface area contributed by atoms with Gasteiger partial charge in [0.25, 0.3) is 0 Å². The van der Waals surface area contributed by atoms with E-state index in [1.807, 2.05) is 6.92 Å². The van der Waals surface area contributed by atoms with E-state index in [-0.39, 0.29) is 0 Å². The Hall–Kier alpha value is -1.79. The average molecular weight is 306 g/mol. The number of nitrogens with zero attached hydrogens (tertiary/aromatic N) is 1. The molecule has 3 N–H and O–H groups in total. The van der Waals surface area contributed by atoms with Crippen LogP contribution in [0.5, 0.6) is 0 Å². The van der Waals surface area contributed by atoms with Crippen LogP contribution in [0.25, 0.3) is 5.70 Å². The molecule has 1 heterocycles. The predicted molar refractivity (Wildman–Crippen MR) is 91.1 cm³/mol. The maximum atomic E-state index is 5.37. The summed E-state index contributed by atoms with van der Waals surface area (Å²) in [5.74, 6) is 0. The van der Waals surface area contributed by atoms with Gasteiger partial charge in [0, 0.05) is 25.3 Å². The van der Waals surface area contributed by atoms with E-state index in [1.165, 1.54) is 5.69 Å². The number of hydrogen-bond donors (Lipinski definition) is 3. The van der Waals surface area contributed by atoms with Crippen LogP contribution in [-0.4, -0.2) is 38.0 Å². The Balaban J connectivity index is 1.88. The summed E-state index contributed by atoms with van der Waals surface area (Å²) in [6.07, 6.45) is 0. The number of ether oxygens (including phenoxy) is 1. The van der Waals surface area contributed by atoms with Gasteiger partial charge in [0.05, 0.1) is 18.9 Å². The third kappa shape index (κ3) is 4.61. The Kier molecular flexibility index (Phi) is 5.83. The lowest BCUT2D eigenvalue weighted by Crippen LogP contribution is -2.42. The van der Waals surface area contributed by atoms with E-state index in [1.54, 1.807) is 0 Å². The number of hydrogen-bond acceptors (Lipinski definition) is 4. The minimum atomic E-state index is 0.559. The molecule has 0 saturated carbocycles. The van der Waals surface area contributed by atoms with Crippen LogP contribution in [0.4, 0.5) is 5.69 Å². The highest BCUT2D eigenvalue weighted by Gasteiger charge is 2.11. The van der Waals surface area contributed by atoms with E-state index in [4.69, 9.17) is 17.0 Å². The molecule has 5 nitrogen and oxygen atoms in total. The lowest BCUT2D eigenvalue weighted by Gasteiger charge is -2.29. The van der Waals surface area contributed by atoms with Crippen molar-refractivity contribution < 1.29 is 4.74 Å². The Labute approximate surface area is 131 Å². The second-order valence-electron chi connectivity index (χ2n) is 4.73. The number of anilines is 1. The van der Waals surface area contributed by atoms with Gasteiger partial charge >= 0.3 is 0 Å². The quantitative estimate of drug-likeness (QED) is 0.566. The highest BCUT2D eigenvalue weighted by atomic mass is 32.1. The first-order valence-electron chi connectivity index (χ1n) is 7.12. The minimum Gasteiger partial charge on any atom is -0.378 e. The van der Waals surface area contributed by atoms with Gasteiger partial charge < -0.3 is 15.0 Å². The molecule has 1 aliphatic rings. The summed E-state index contributed by atoms with van der Waals surface area (Å²) in [6, 6.07) is 8.32. The molecule has 1 saturated heterocycles. The van der Waals surface area contributed by atoms with Crippen LogP contribution in [0.15, 0.2) is 30.8 Å². The van der Waals surface area contributed by atoms with Gasteiger partial charge in [0.1, 0.15) is 0 Å². The lowest BCUT2D eigenvalue weighted by molar-refractivity contribution is 0.122. The molecule has 6 heteroatoms. The van der Waals surface area contributed by atoms with Gasteiger partial charge in [-0.15, -0.1) is 0 Å². The van der Waals surface area contributed by atoms with Crippen LogP contribution in [0.1, 0.15) is 12.5 Å². The molecule has 0 atom stereocenters. The first kappa shape index (κ1) is 15.6.